The van der Waals surface area contributed by atoms with Gasteiger partial charge in [-0.1, -0.05) is 12.1 Å². The van der Waals surface area contributed by atoms with Crippen LogP contribution in [0, 0.1) is 0 Å². The molecule has 0 unspecified atom stereocenters. The largest absolute Gasteiger partial charge is 0.378 e. The van der Waals surface area contributed by atoms with E-state index in [4.69, 9.17) is 14.8 Å². The highest BCUT2D eigenvalue weighted by Crippen LogP contribution is 2.37. The Bertz CT molecular complexity index is 1630. The lowest BCUT2D eigenvalue weighted by Crippen LogP contribution is -2.36. The summed E-state index contributed by atoms with van der Waals surface area (Å²) in [5.41, 5.74) is 7.40. The molecule has 0 aliphatic carbocycles. The summed E-state index contributed by atoms with van der Waals surface area (Å²) in [4.78, 5) is 28.6. The first-order valence-electron chi connectivity index (χ1n) is 13.4. The minimum atomic E-state index is -0.169. The van der Waals surface area contributed by atoms with Gasteiger partial charge in [0.25, 0.3) is 0 Å². The van der Waals surface area contributed by atoms with Crippen molar-refractivity contribution in [1.29, 1.82) is 0 Å². The molecule has 0 spiro atoms. The van der Waals surface area contributed by atoms with Crippen molar-refractivity contribution < 1.29 is 9.53 Å². The summed E-state index contributed by atoms with van der Waals surface area (Å²) in [5, 5.41) is 8.79. The van der Waals surface area contributed by atoms with E-state index in [1.807, 2.05) is 47.4 Å². The molecule has 6 rings (SSSR count). The normalized spacial score (nSPS) is 13.5. The number of anilines is 2. The van der Waals surface area contributed by atoms with Gasteiger partial charge in [-0.3, -0.25) is 4.68 Å². The summed E-state index contributed by atoms with van der Waals surface area (Å²) in [7, 11) is 3.43. The number of urea groups is 1. The van der Waals surface area contributed by atoms with E-state index in [2.05, 4.69) is 51.5 Å². The van der Waals surface area contributed by atoms with Crippen molar-refractivity contribution >= 4 is 28.6 Å². The number of amides is 2. The molecule has 1 saturated heterocycles. The van der Waals surface area contributed by atoms with Gasteiger partial charge in [-0.25, -0.2) is 14.8 Å². The van der Waals surface area contributed by atoms with Crippen molar-refractivity contribution in [1.82, 2.24) is 29.6 Å². The number of fused-ring (bicyclic) bond motifs is 1. The topological polar surface area (TPSA) is 104 Å². The molecule has 4 aromatic heterocycles. The maximum absolute atomic E-state index is 12.0. The van der Waals surface area contributed by atoms with E-state index in [0.29, 0.717) is 0 Å². The van der Waals surface area contributed by atoms with E-state index in [1.54, 1.807) is 14.1 Å². The molecular weight excluding hydrogens is 504 g/mol. The fourth-order valence-corrected chi connectivity index (χ4v) is 4.88. The predicted octanol–water partition coefficient (Wildman–Crippen LogP) is 5.11. The van der Waals surface area contributed by atoms with Crippen LogP contribution in [-0.4, -0.2) is 76.1 Å². The number of morpholine rings is 1. The Morgan fingerprint density at radius 2 is 1.80 bits per heavy atom. The first-order valence-corrected chi connectivity index (χ1v) is 13.4. The number of nitrogens with one attached hydrogen (secondary N) is 2. The van der Waals surface area contributed by atoms with Crippen molar-refractivity contribution in [3.8, 4) is 33.6 Å². The van der Waals surface area contributed by atoms with Gasteiger partial charge in [-0.05, 0) is 48.9 Å². The van der Waals surface area contributed by atoms with Crippen molar-refractivity contribution in [2.75, 3.05) is 50.6 Å². The maximum atomic E-state index is 12.0. The molecule has 10 heteroatoms. The van der Waals surface area contributed by atoms with Crippen LogP contribution in [0.1, 0.15) is 6.92 Å². The summed E-state index contributed by atoms with van der Waals surface area (Å²) in [6, 6.07) is 15.9. The molecule has 1 fully saturated rings. The summed E-state index contributed by atoms with van der Waals surface area (Å²) in [6.07, 6.45) is 5.81. The average molecular weight is 537 g/mol. The van der Waals surface area contributed by atoms with Crippen molar-refractivity contribution in [2.24, 2.45) is 0 Å². The fraction of sp³-hybridized carbons (Fsp3) is 0.267. The number of carbonyl (C=O) groups is 1. The number of benzene rings is 1. The number of hydrogen-bond donors (Lipinski definition) is 2. The number of hydrogen-bond acceptors (Lipinski definition) is 6. The molecule has 0 atom stereocenters. The number of rotatable bonds is 6. The molecule has 1 aromatic carbocycles. The third-order valence-electron chi connectivity index (χ3n) is 7.12. The average Bonchev–Trinajstić information content (AvgIpc) is 3.63. The summed E-state index contributed by atoms with van der Waals surface area (Å²) < 4.78 is 7.41. The molecule has 5 aromatic rings. The van der Waals surface area contributed by atoms with Gasteiger partial charge in [-0.15, -0.1) is 0 Å². The van der Waals surface area contributed by atoms with Crippen LogP contribution in [0.15, 0.2) is 67.1 Å². The van der Waals surface area contributed by atoms with Crippen LogP contribution in [0.2, 0.25) is 0 Å². The first-order chi connectivity index (χ1) is 19.5. The van der Waals surface area contributed by atoms with E-state index in [9.17, 15) is 4.79 Å². The maximum Gasteiger partial charge on any atom is 0.321 e. The molecule has 0 radical (unpaired) electrons. The van der Waals surface area contributed by atoms with Gasteiger partial charge in [0.2, 0.25) is 0 Å². The Hall–Kier alpha value is -4.70. The second-order valence-corrected chi connectivity index (χ2v) is 9.96. The molecular formula is C30H32N8O2. The number of ether oxygens (including phenoxy) is 1. The zero-order chi connectivity index (χ0) is 27.6. The van der Waals surface area contributed by atoms with Gasteiger partial charge in [0.1, 0.15) is 17.2 Å². The lowest BCUT2D eigenvalue weighted by molar-refractivity contribution is 0.122. The Kier molecular flexibility index (Phi) is 6.91. The van der Waals surface area contributed by atoms with Gasteiger partial charge in [0, 0.05) is 85.8 Å². The summed E-state index contributed by atoms with van der Waals surface area (Å²) in [6.45, 7) is 5.99. The van der Waals surface area contributed by atoms with Crippen molar-refractivity contribution in [3.63, 3.8) is 0 Å². The van der Waals surface area contributed by atoms with Crippen molar-refractivity contribution in [2.45, 2.75) is 13.5 Å². The molecule has 10 nitrogen and oxygen atoms in total. The fourth-order valence-electron chi connectivity index (χ4n) is 4.88. The van der Waals surface area contributed by atoms with Gasteiger partial charge < -0.3 is 24.8 Å². The van der Waals surface area contributed by atoms with Crippen LogP contribution < -0.4 is 10.2 Å². The van der Waals surface area contributed by atoms with Gasteiger partial charge in [0.15, 0.2) is 0 Å². The van der Waals surface area contributed by atoms with E-state index >= 15 is 0 Å². The molecule has 0 saturated carbocycles. The smallest absolute Gasteiger partial charge is 0.321 e. The molecule has 2 N–H and O–H groups in total. The predicted molar refractivity (Wildman–Crippen MR) is 157 cm³/mol. The van der Waals surface area contributed by atoms with Crippen LogP contribution in [0.5, 0.6) is 0 Å². The zero-order valence-electron chi connectivity index (χ0n) is 22.9. The highest BCUT2D eigenvalue weighted by molar-refractivity contribution is 5.99. The molecule has 40 heavy (non-hydrogen) atoms. The quantitative estimate of drug-likeness (QED) is 0.313. The number of nitrogens with zero attached hydrogens (tertiary/aromatic N) is 6. The third kappa shape index (κ3) is 5.01. The SMILES string of the molecule is CCn1cc(-c2ccnc3[nH]c(-c4ccc(N5CCOCC5)nc4)cc23)c(-c2ccc(NC(=O)N(C)C)cc2)n1. The van der Waals surface area contributed by atoms with Crippen LogP contribution in [0.25, 0.3) is 44.7 Å². The monoisotopic (exact) mass is 536 g/mol. The standard InChI is InChI=1S/C30H32N8O2/c1-4-38-19-25(28(35-38)20-5-8-22(9-6-20)33-30(39)36(2)3)23-11-12-31-29-24(23)17-26(34-29)21-7-10-27(32-18-21)37-13-15-40-16-14-37/h5-12,17-19H,4,13-16H2,1-3H3,(H,31,34)(H,33,39). The minimum Gasteiger partial charge on any atom is -0.378 e. The molecule has 1 aliphatic heterocycles. The molecule has 2 amide bonds. The minimum absolute atomic E-state index is 0.169. The molecule has 204 valence electrons. The highest BCUT2D eigenvalue weighted by atomic mass is 16.5. The van der Waals surface area contributed by atoms with Gasteiger partial charge in [0.05, 0.1) is 13.2 Å². The number of aromatic amines is 1. The van der Waals surface area contributed by atoms with Gasteiger partial charge >= 0.3 is 6.03 Å². The summed E-state index contributed by atoms with van der Waals surface area (Å²) in [5.74, 6) is 0.964. The van der Waals surface area contributed by atoms with E-state index in [-0.39, 0.29) is 6.03 Å². The molecule has 0 bridgehead atoms. The van der Waals surface area contributed by atoms with Crippen LogP contribution in [0.3, 0.4) is 0 Å². The van der Waals surface area contributed by atoms with Crippen LogP contribution >= 0.6 is 0 Å². The number of aromatic nitrogens is 5. The lowest BCUT2D eigenvalue weighted by Gasteiger charge is -2.27. The van der Waals surface area contributed by atoms with Gasteiger partial charge in [-0.2, -0.15) is 5.10 Å². The second-order valence-electron chi connectivity index (χ2n) is 9.96. The lowest BCUT2D eigenvalue weighted by atomic mass is 10.00. The first kappa shape index (κ1) is 25.6. The molecule has 5 heterocycles. The van der Waals surface area contributed by atoms with Crippen LogP contribution in [0.4, 0.5) is 16.3 Å². The Morgan fingerprint density at radius 3 is 2.50 bits per heavy atom. The number of H-pyrrole nitrogens is 1. The highest BCUT2D eigenvalue weighted by Gasteiger charge is 2.18. The Morgan fingerprint density at radius 1 is 1.02 bits per heavy atom. The van der Waals surface area contributed by atoms with Crippen molar-refractivity contribution in [3.05, 3.63) is 67.1 Å². The number of aryl methyl sites for hydroxylation is 1. The van der Waals surface area contributed by atoms with Crippen LogP contribution in [-0.2, 0) is 11.3 Å². The van der Waals surface area contributed by atoms with E-state index in [0.717, 1.165) is 89.0 Å². The molecule has 1 aliphatic rings. The summed E-state index contributed by atoms with van der Waals surface area (Å²) >= 11 is 0. The number of pyridine rings is 2. The zero-order valence-corrected chi connectivity index (χ0v) is 22.9. The number of carbonyl (C=O) groups excluding carboxylic acids is 1. The van der Waals surface area contributed by atoms with E-state index in [1.165, 1.54) is 4.90 Å². The Balaban J connectivity index is 1.34. The second kappa shape index (κ2) is 10.8. The van der Waals surface area contributed by atoms with E-state index < -0.39 is 0 Å². The Labute approximate surface area is 232 Å². The third-order valence-corrected chi connectivity index (χ3v) is 7.12.